The number of nitrogens with zero attached hydrogens (tertiary/aromatic N) is 2. The van der Waals surface area contributed by atoms with Crippen molar-refractivity contribution in [1.82, 2.24) is 9.97 Å². The Morgan fingerprint density at radius 1 is 1.55 bits per heavy atom. The number of rotatable bonds is 2. The number of ether oxygens (including phenoxy) is 1. The summed E-state index contributed by atoms with van der Waals surface area (Å²) in [6.07, 6.45) is 1.88. The SMILES string of the molecule is COc1cc(N)nc(SC)n1. The summed E-state index contributed by atoms with van der Waals surface area (Å²) in [6, 6.07) is 1.58. The van der Waals surface area contributed by atoms with Crippen molar-refractivity contribution >= 4 is 17.6 Å². The number of hydrogen-bond acceptors (Lipinski definition) is 5. The van der Waals surface area contributed by atoms with Gasteiger partial charge in [0.25, 0.3) is 0 Å². The number of nitrogens with two attached hydrogens (primary N) is 1. The van der Waals surface area contributed by atoms with Gasteiger partial charge in [-0.3, -0.25) is 0 Å². The van der Waals surface area contributed by atoms with Crippen LogP contribution in [0.3, 0.4) is 0 Å². The van der Waals surface area contributed by atoms with E-state index in [4.69, 9.17) is 10.5 Å². The minimum Gasteiger partial charge on any atom is -0.481 e. The van der Waals surface area contributed by atoms with E-state index in [9.17, 15) is 0 Å². The van der Waals surface area contributed by atoms with E-state index in [1.165, 1.54) is 11.8 Å². The third kappa shape index (κ3) is 1.98. The summed E-state index contributed by atoms with van der Waals surface area (Å²) in [6.45, 7) is 0. The zero-order valence-electron chi connectivity index (χ0n) is 6.37. The molecule has 0 fully saturated rings. The minimum atomic E-state index is 0.432. The van der Waals surface area contributed by atoms with Gasteiger partial charge in [-0.15, -0.1) is 0 Å². The van der Waals surface area contributed by atoms with Crippen molar-refractivity contribution in [3.8, 4) is 5.88 Å². The third-order valence-corrected chi connectivity index (χ3v) is 1.64. The molecule has 60 valence electrons. The summed E-state index contributed by atoms with van der Waals surface area (Å²) in [5.41, 5.74) is 5.47. The number of methoxy groups -OCH3 is 1. The van der Waals surface area contributed by atoms with Gasteiger partial charge in [0.2, 0.25) is 5.88 Å². The maximum Gasteiger partial charge on any atom is 0.219 e. The molecule has 0 saturated carbocycles. The molecule has 11 heavy (non-hydrogen) atoms. The van der Waals surface area contributed by atoms with Gasteiger partial charge in [-0.1, -0.05) is 11.8 Å². The molecular formula is C6H9N3OS. The van der Waals surface area contributed by atoms with Crippen molar-refractivity contribution < 1.29 is 4.74 Å². The average molecular weight is 171 g/mol. The summed E-state index contributed by atoms with van der Waals surface area (Å²) in [7, 11) is 1.55. The molecule has 0 saturated heterocycles. The molecule has 0 radical (unpaired) electrons. The van der Waals surface area contributed by atoms with Gasteiger partial charge in [-0.25, -0.2) is 4.98 Å². The molecule has 1 rings (SSSR count). The standard InChI is InChI=1S/C6H9N3OS/c1-10-5-3-4(7)8-6(9-5)11-2/h3H,1-2H3,(H2,7,8,9). The zero-order valence-corrected chi connectivity index (χ0v) is 7.18. The number of hydrogen-bond donors (Lipinski definition) is 1. The third-order valence-electron chi connectivity index (χ3n) is 1.09. The Hall–Kier alpha value is -0.970. The molecule has 5 heteroatoms. The quantitative estimate of drug-likeness (QED) is 0.526. The highest BCUT2D eigenvalue weighted by Crippen LogP contribution is 2.15. The van der Waals surface area contributed by atoms with Crippen LogP contribution in [-0.2, 0) is 0 Å². The van der Waals surface area contributed by atoms with Gasteiger partial charge in [0.15, 0.2) is 5.16 Å². The van der Waals surface area contributed by atoms with Crippen LogP contribution in [-0.4, -0.2) is 23.3 Å². The van der Waals surface area contributed by atoms with Gasteiger partial charge in [0.1, 0.15) is 5.82 Å². The second-order valence-electron chi connectivity index (χ2n) is 1.82. The lowest BCUT2D eigenvalue weighted by Gasteiger charge is -2.00. The van der Waals surface area contributed by atoms with E-state index in [1.54, 1.807) is 13.2 Å². The second-order valence-corrected chi connectivity index (χ2v) is 2.60. The van der Waals surface area contributed by atoms with Crippen LogP contribution in [0.1, 0.15) is 0 Å². The van der Waals surface area contributed by atoms with Gasteiger partial charge in [-0.2, -0.15) is 4.98 Å². The highest BCUT2D eigenvalue weighted by Gasteiger charge is 1.99. The largest absolute Gasteiger partial charge is 0.481 e. The summed E-state index contributed by atoms with van der Waals surface area (Å²) >= 11 is 1.43. The number of nitrogen functional groups attached to an aromatic ring is 1. The van der Waals surface area contributed by atoms with Crippen LogP contribution < -0.4 is 10.5 Å². The predicted octanol–water partition coefficient (Wildman–Crippen LogP) is 0.789. The predicted molar refractivity (Wildman–Crippen MR) is 44.8 cm³/mol. The zero-order chi connectivity index (χ0) is 8.27. The van der Waals surface area contributed by atoms with Crippen molar-refractivity contribution in [2.75, 3.05) is 19.1 Å². The fourth-order valence-electron chi connectivity index (χ4n) is 0.617. The smallest absolute Gasteiger partial charge is 0.219 e. The molecule has 0 unspecified atom stereocenters. The van der Waals surface area contributed by atoms with E-state index in [1.807, 2.05) is 6.26 Å². The summed E-state index contributed by atoms with van der Waals surface area (Å²) < 4.78 is 4.89. The first-order chi connectivity index (χ1) is 5.26. The Balaban J connectivity index is 3.02. The van der Waals surface area contributed by atoms with Crippen molar-refractivity contribution in [1.29, 1.82) is 0 Å². The fourth-order valence-corrected chi connectivity index (χ4v) is 0.995. The van der Waals surface area contributed by atoms with Crippen molar-refractivity contribution in [3.63, 3.8) is 0 Å². The maximum atomic E-state index is 5.47. The molecule has 4 nitrogen and oxygen atoms in total. The van der Waals surface area contributed by atoms with Crippen LogP contribution in [0.5, 0.6) is 5.88 Å². The van der Waals surface area contributed by atoms with Crippen LogP contribution in [0.15, 0.2) is 11.2 Å². The van der Waals surface area contributed by atoms with Crippen molar-refractivity contribution in [2.45, 2.75) is 5.16 Å². The van der Waals surface area contributed by atoms with Gasteiger partial charge in [0, 0.05) is 6.07 Å². The molecule has 0 aliphatic rings. The highest BCUT2D eigenvalue weighted by atomic mass is 32.2. The summed E-state index contributed by atoms with van der Waals surface area (Å²) in [5, 5.41) is 0.627. The number of aromatic nitrogens is 2. The first kappa shape index (κ1) is 8.13. The second kappa shape index (κ2) is 3.43. The molecule has 0 aliphatic carbocycles. The number of anilines is 1. The molecular weight excluding hydrogens is 162 g/mol. The molecule has 0 bridgehead atoms. The van der Waals surface area contributed by atoms with Crippen molar-refractivity contribution in [3.05, 3.63) is 6.07 Å². The molecule has 0 amide bonds. The van der Waals surface area contributed by atoms with Crippen LogP contribution in [0.2, 0.25) is 0 Å². The lowest BCUT2D eigenvalue weighted by Crippen LogP contribution is -1.96. The molecule has 2 N–H and O–H groups in total. The van der Waals surface area contributed by atoms with Crippen molar-refractivity contribution in [2.24, 2.45) is 0 Å². The first-order valence-electron chi connectivity index (χ1n) is 2.99. The van der Waals surface area contributed by atoms with E-state index in [0.29, 0.717) is 16.9 Å². The Labute approximate surface area is 69.2 Å². The van der Waals surface area contributed by atoms with Gasteiger partial charge < -0.3 is 10.5 Å². The first-order valence-corrected chi connectivity index (χ1v) is 4.21. The van der Waals surface area contributed by atoms with Crippen LogP contribution >= 0.6 is 11.8 Å². The number of thioether (sulfide) groups is 1. The molecule has 1 aromatic heterocycles. The van der Waals surface area contributed by atoms with Crippen LogP contribution in [0.4, 0.5) is 5.82 Å². The summed E-state index contributed by atoms with van der Waals surface area (Å²) in [4.78, 5) is 7.97. The van der Waals surface area contributed by atoms with Gasteiger partial charge in [-0.05, 0) is 6.26 Å². The molecule has 1 aromatic rings. The van der Waals surface area contributed by atoms with Crippen LogP contribution in [0.25, 0.3) is 0 Å². The lowest BCUT2D eigenvalue weighted by molar-refractivity contribution is 0.393. The molecule has 0 spiro atoms. The fraction of sp³-hybridized carbons (Fsp3) is 0.333. The van der Waals surface area contributed by atoms with E-state index >= 15 is 0 Å². The lowest BCUT2D eigenvalue weighted by atomic mass is 10.6. The van der Waals surface area contributed by atoms with E-state index in [0.717, 1.165) is 0 Å². The molecule has 0 atom stereocenters. The van der Waals surface area contributed by atoms with Gasteiger partial charge in [0.05, 0.1) is 7.11 Å². The molecule has 0 aromatic carbocycles. The van der Waals surface area contributed by atoms with E-state index in [-0.39, 0.29) is 0 Å². The molecule has 1 heterocycles. The average Bonchev–Trinajstić information content (AvgIpc) is 2.03. The summed E-state index contributed by atoms with van der Waals surface area (Å²) in [5.74, 6) is 0.933. The highest BCUT2D eigenvalue weighted by molar-refractivity contribution is 7.98. The monoisotopic (exact) mass is 171 g/mol. The normalized spacial score (nSPS) is 9.64. The van der Waals surface area contributed by atoms with E-state index < -0.39 is 0 Å². The van der Waals surface area contributed by atoms with Gasteiger partial charge >= 0.3 is 0 Å². The Morgan fingerprint density at radius 2 is 2.27 bits per heavy atom. The Bertz CT molecular complexity index is 231. The van der Waals surface area contributed by atoms with E-state index in [2.05, 4.69) is 9.97 Å². The Kier molecular flexibility index (Phi) is 2.53. The van der Waals surface area contributed by atoms with Crippen LogP contribution in [0, 0.1) is 0 Å². The minimum absolute atomic E-state index is 0.432. The topological polar surface area (TPSA) is 61.0 Å². The maximum absolute atomic E-state index is 5.47. The molecule has 0 aliphatic heterocycles. The Morgan fingerprint density at radius 3 is 2.82 bits per heavy atom.